The molecule has 206 valence electrons. The maximum atomic E-state index is 13.9. The van der Waals surface area contributed by atoms with Crippen LogP contribution in [0.15, 0.2) is 36.4 Å². The minimum Gasteiger partial charge on any atom is -0.370 e. The van der Waals surface area contributed by atoms with Crippen molar-refractivity contribution < 1.29 is 22.8 Å². The average Bonchev–Trinajstić information content (AvgIpc) is 2.84. The molecule has 0 aromatic heterocycles. The molecule has 3 N–H and O–H groups in total. The van der Waals surface area contributed by atoms with Crippen LogP contribution in [0.3, 0.4) is 0 Å². The van der Waals surface area contributed by atoms with Crippen molar-refractivity contribution in [3.8, 4) is 0 Å². The number of carbonyl (C=O) groups excluding carboxylic acids is 2. The Morgan fingerprint density at radius 2 is 1.82 bits per heavy atom. The van der Waals surface area contributed by atoms with E-state index in [9.17, 15) is 22.8 Å². The van der Waals surface area contributed by atoms with Gasteiger partial charge in [0.2, 0.25) is 5.91 Å². The number of alkyl halides is 3. The Kier molecular flexibility index (Phi) is 8.44. The van der Waals surface area contributed by atoms with Gasteiger partial charge >= 0.3 is 6.18 Å². The molecule has 0 bridgehead atoms. The molecule has 2 aromatic rings. The summed E-state index contributed by atoms with van der Waals surface area (Å²) < 4.78 is 41.8. The summed E-state index contributed by atoms with van der Waals surface area (Å²) in [5, 5.41) is 2.65. The first kappa shape index (κ1) is 28.1. The number of carbonyl (C=O) groups is 2. The molecule has 0 saturated carbocycles. The van der Waals surface area contributed by atoms with E-state index in [1.54, 1.807) is 12.1 Å². The lowest BCUT2D eigenvalue weighted by Gasteiger charge is -2.37. The number of hydrogen-bond acceptors (Lipinski definition) is 5. The van der Waals surface area contributed by atoms with Crippen molar-refractivity contribution >= 4 is 17.5 Å². The van der Waals surface area contributed by atoms with Gasteiger partial charge in [0, 0.05) is 69.5 Å². The lowest BCUT2D eigenvalue weighted by molar-refractivity contribution is -0.138. The van der Waals surface area contributed by atoms with Gasteiger partial charge in [0.15, 0.2) is 0 Å². The van der Waals surface area contributed by atoms with E-state index in [2.05, 4.69) is 22.0 Å². The van der Waals surface area contributed by atoms with E-state index in [0.29, 0.717) is 25.2 Å². The molecule has 1 fully saturated rings. The normalized spacial score (nSPS) is 20.1. The third kappa shape index (κ3) is 6.73. The van der Waals surface area contributed by atoms with Gasteiger partial charge in [0.25, 0.3) is 5.91 Å². The molecule has 1 unspecified atom stereocenters. The molecular formula is C28H36F3N5O2. The fourth-order valence-corrected chi connectivity index (χ4v) is 5.36. The van der Waals surface area contributed by atoms with Crippen LogP contribution in [0, 0.1) is 0 Å². The Balaban J connectivity index is 1.50. The summed E-state index contributed by atoms with van der Waals surface area (Å²) >= 11 is 0. The maximum Gasteiger partial charge on any atom is 0.416 e. The van der Waals surface area contributed by atoms with E-state index in [0.717, 1.165) is 36.8 Å². The number of likely N-dealkylation sites (N-methyl/N-ethyl adjacent to an activating group) is 1. The van der Waals surface area contributed by atoms with Crippen LogP contribution in [-0.2, 0) is 24.1 Å². The number of anilines is 1. The lowest BCUT2D eigenvalue weighted by Crippen LogP contribution is -2.44. The number of primary amides is 1. The number of rotatable bonds is 7. The zero-order chi connectivity index (χ0) is 27.6. The first-order chi connectivity index (χ1) is 17.9. The Morgan fingerprint density at radius 3 is 2.47 bits per heavy atom. The summed E-state index contributed by atoms with van der Waals surface area (Å²) in [6.07, 6.45) is -4.29. The van der Waals surface area contributed by atoms with Gasteiger partial charge in [-0.05, 0) is 60.8 Å². The van der Waals surface area contributed by atoms with E-state index in [1.807, 2.05) is 24.9 Å². The van der Waals surface area contributed by atoms with E-state index in [1.165, 1.54) is 12.1 Å². The van der Waals surface area contributed by atoms with Gasteiger partial charge in [0.05, 0.1) is 5.56 Å². The fourth-order valence-electron chi connectivity index (χ4n) is 5.36. The first-order valence-corrected chi connectivity index (χ1v) is 13.0. The Labute approximate surface area is 221 Å². The second-order valence-corrected chi connectivity index (χ2v) is 10.7. The fraction of sp³-hybridized carbons (Fsp3) is 0.500. The van der Waals surface area contributed by atoms with Crippen LogP contribution in [0.4, 0.5) is 18.9 Å². The van der Waals surface area contributed by atoms with Crippen molar-refractivity contribution in [1.29, 1.82) is 0 Å². The molecule has 2 aliphatic rings. The molecule has 2 aliphatic heterocycles. The highest BCUT2D eigenvalue weighted by molar-refractivity contribution is 6.04. The molecule has 2 aromatic carbocycles. The van der Waals surface area contributed by atoms with Crippen molar-refractivity contribution in [3.05, 3.63) is 64.2 Å². The third-order valence-corrected chi connectivity index (χ3v) is 7.60. The van der Waals surface area contributed by atoms with Crippen LogP contribution >= 0.6 is 0 Å². The quantitative estimate of drug-likeness (QED) is 0.567. The molecule has 0 radical (unpaired) electrons. The molecule has 4 rings (SSSR count). The first-order valence-electron chi connectivity index (χ1n) is 13.0. The smallest absolute Gasteiger partial charge is 0.370 e. The number of amides is 2. The van der Waals surface area contributed by atoms with E-state index in [4.69, 9.17) is 5.73 Å². The number of halogens is 3. The predicted molar refractivity (Wildman–Crippen MR) is 141 cm³/mol. The van der Waals surface area contributed by atoms with Crippen molar-refractivity contribution in [2.75, 3.05) is 45.1 Å². The standard InChI is InChI=1S/C28H36F3N5O2/c1-18-15-36(19(2)12-26(32)37)17-22-13-20(5-7-24(18)22)27(38)33-23-6-4-21(25(14-23)28(29,30)31)16-35-10-8-34(3)9-11-35/h4-7,13-14,18-19H,8-12,15-17H2,1-3H3,(H2,32,37)(H,33,38)/t18-,19?/m0/s1. The van der Waals surface area contributed by atoms with Crippen molar-refractivity contribution in [2.45, 2.75) is 51.5 Å². The van der Waals surface area contributed by atoms with E-state index >= 15 is 0 Å². The third-order valence-electron chi connectivity index (χ3n) is 7.60. The highest BCUT2D eigenvalue weighted by atomic mass is 19.4. The predicted octanol–water partition coefficient (Wildman–Crippen LogP) is 3.89. The van der Waals surface area contributed by atoms with Gasteiger partial charge in [-0.25, -0.2) is 0 Å². The molecule has 2 amide bonds. The number of benzene rings is 2. The SMILES string of the molecule is CC(CC(N)=O)N1Cc2cc(C(=O)Nc3ccc(CN4CCN(C)CC4)c(C(F)(F)F)c3)ccc2[C@@H](C)C1. The van der Waals surface area contributed by atoms with E-state index < -0.39 is 17.6 Å². The minimum atomic E-state index is -4.53. The summed E-state index contributed by atoms with van der Waals surface area (Å²) in [4.78, 5) is 30.8. The second kappa shape index (κ2) is 11.4. The van der Waals surface area contributed by atoms with Crippen LogP contribution in [0.2, 0.25) is 0 Å². The van der Waals surface area contributed by atoms with Gasteiger partial charge in [-0.1, -0.05) is 19.1 Å². The highest BCUT2D eigenvalue weighted by Crippen LogP contribution is 2.35. The Hall–Kier alpha value is -2.95. The van der Waals surface area contributed by atoms with Crippen LogP contribution in [-0.4, -0.2) is 72.3 Å². The Morgan fingerprint density at radius 1 is 1.11 bits per heavy atom. The number of piperazine rings is 1. The number of nitrogens with two attached hydrogens (primary N) is 1. The summed E-state index contributed by atoms with van der Waals surface area (Å²) in [6.45, 7) is 8.64. The summed E-state index contributed by atoms with van der Waals surface area (Å²) in [5.41, 5.74) is 7.41. The highest BCUT2D eigenvalue weighted by Gasteiger charge is 2.34. The average molecular weight is 532 g/mol. The van der Waals surface area contributed by atoms with Crippen molar-refractivity contribution in [1.82, 2.24) is 14.7 Å². The number of nitrogens with zero attached hydrogens (tertiary/aromatic N) is 3. The largest absolute Gasteiger partial charge is 0.416 e. The summed E-state index contributed by atoms with van der Waals surface area (Å²) in [6, 6.07) is 9.39. The Bertz CT molecular complexity index is 1180. The van der Waals surface area contributed by atoms with E-state index in [-0.39, 0.29) is 42.1 Å². The van der Waals surface area contributed by atoms with Crippen molar-refractivity contribution in [3.63, 3.8) is 0 Å². The summed E-state index contributed by atoms with van der Waals surface area (Å²) in [7, 11) is 2.00. The monoisotopic (exact) mass is 531 g/mol. The molecular weight excluding hydrogens is 495 g/mol. The number of nitrogens with one attached hydrogen (secondary N) is 1. The van der Waals surface area contributed by atoms with Crippen LogP contribution < -0.4 is 11.1 Å². The van der Waals surface area contributed by atoms with Gasteiger partial charge in [0.1, 0.15) is 0 Å². The zero-order valence-corrected chi connectivity index (χ0v) is 22.1. The molecule has 38 heavy (non-hydrogen) atoms. The molecule has 0 spiro atoms. The molecule has 2 heterocycles. The second-order valence-electron chi connectivity index (χ2n) is 10.7. The molecule has 7 nitrogen and oxygen atoms in total. The van der Waals surface area contributed by atoms with Gasteiger partial charge in [-0.3, -0.25) is 19.4 Å². The maximum absolute atomic E-state index is 13.9. The lowest BCUT2D eigenvalue weighted by atomic mass is 9.88. The van der Waals surface area contributed by atoms with Crippen molar-refractivity contribution in [2.24, 2.45) is 5.73 Å². The number of hydrogen-bond donors (Lipinski definition) is 2. The molecule has 2 atom stereocenters. The van der Waals surface area contributed by atoms with Crippen LogP contribution in [0.1, 0.15) is 58.8 Å². The van der Waals surface area contributed by atoms with Crippen LogP contribution in [0.25, 0.3) is 0 Å². The molecule has 10 heteroatoms. The number of fused-ring (bicyclic) bond motifs is 1. The van der Waals surface area contributed by atoms with Gasteiger partial charge in [-0.15, -0.1) is 0 Å². The zero-order valence-electron chi connectivity index (χ0n) is 22.1. The van der Waals surface area contributed by atoms with Gasteiger partial charge in [-0.2, -0.15) is 13.2 Å². The molecule has 0 aliphatic carbocycles. The topological polar surface area (TPSA) is 81.9 Å². The van der Waals surface area contributed by atoms with Gasteiger partial charge < -0.3 is 16.0 Å². The summed E-state index contributed by atoms with van der Waals surface area (Å²) in [5.74, 6) is -0.632. The minimum absolute atomic E-state index is 0.0364. The molecule has 1 saturated heterocycles. The van der Waals surface area contributed by atoms with Crippen LogP contribution in [0.5, 0.6) is 0 Å².